The fraction of sp³-hybridized carbons (Fsp3) is 0.200. The van der Waals surface area contributed by atoms with E-state index >= 15 is 0 Å². The first-order valence-electron chi connectivity index (χ1n) is 8.43. The number of benzene rings is 2. The number of aromatic nitrogens is 1. The van der Waals surface area contributed by atoms with Gasteiger partial charge in [0.25, 0.3) is 5.91 Å². The number of aryl methyl sites for hydroxylation is 1. The second-order valence-corrected chi connectivity index (χ2v) is 6.17. The van der Waals surface area contributed by atoms with Gasteiger partial charge in [-0.1, -0.05) is 31.5 Å². The van der Waals surface area contributed by atoms with Gasteiger partial charge < -0.3 is 10.3 Å². The third-order valence-corrected chi connectivity index (χ3v) is 4.18. The summed E-state index contributed by atoms with van der Waals surface area (Å²) in [4.78, 5) is 26.9. The zero-order chi connectivity index (χ0) is 19.6. The lowest BCUT2D eigenvalue weighted by atomic mass is 10.0. The maximum atomic E-state index is 13.1. The molecule has 0 aliphatic heterocycles. The molecule has 0 spiro atoms. The third-order valence-electron chi connectivity index (χ3n) is 4.18. The Kier molecular flexibility index (Phi) is 5.03. The molecule has 0 aliphatic carbocycles. The minimum absolute atomic E-state index is 0.267. The van der Waals surface area contributed by atoms with Crippen LogP contribution in [0.5, 0.6) is 0 Å². The molecule has 2 aromatic carbocycles. The van der Waals surface area contributed by atoms with Gasteiger partial charge in [-0.15, -0.1) is 0 Å². The zero-order valence-electron chi connectivity index (χ0n) is 14.5. The highest BCUT2D eigenvalue weighted by Crippen LogP contribution is 2.32. The molecule has 1 aromatic heterocycles. The maximum absolute atomic E-state index is 13.1. The highest BCUT2D eigenvalue weighted by atomic mass is 19.4. The van der Waals surface area contributed by atoms with Crippen molar-refractivity contribution in [2.24, 2.45) is 0 Å². The Labute approximate surface area is 153 Å². The molecule has 0 saturated heterocycles. The number of aromatic amines is 1. The van der Waals surface area contributed by atoms with Gasteiger partial charge in [0.15, 0.2) is 0 Å². The fourth-order valence-corrected chi connectivity index (χ4v) is 3.01. The Morgan fingerprint density at radius 3 is 2.56 bits per heavy atom. The van der Waals surface area contributed by atoms with E-state index in [0.29, 0.717) is 11.2 Å². The zero-order valence-corrected chi connectivity index (χ0v) is 14.5. The molecule has 1 amide bonds. The van der Waals surface area contributed by atoms with Crippen LogP contribution in [0.15, 0.2) is 53.3 Å². The topological polar surface area (TPSA) is 62.0 Å². The predicted octanol–water partition coefficient (Wildman–Crippen LogP) is 4.75. The Balaban J connectivity index is 1.96. The average Bonchev–Trinajstić information content (AvgIpc) is 2.61. The Morgan fingerprint density at radius 1 is 1.11 bits per heavy atom. The number of rotatable bonds is 4. The first-order chi connectivity index (χ1) is 12.8. The van der Waals surface area contributed by atoms with Crippen molar-refractivity contribution in [3.8, 4) is 0 Å². The van der Waals surface area contributed by atoms with Crippen molar-refractivity contribution in [1.29, 1.82) is 0 Å². The number of amides is 1. The van der Waals surface area contributed by atoms with Crippen molar-refractivity contribution in [1.82, 2.24) is 4.98 Å². The molecule has 0 atom stereocenters. The molecule has 2 N–H and O–H groups in total. The number of hydrogen-bond donors (Lipinski definition) is 2. The van der Waals surface area contributed by atoms with Gasteiger partial charge in [-0.3, -0.25) is 9.59 Å². The number of carbonyl (C=O) groups is 1. The van der Waals surface area contributed by atoms with E-state index < -0.39 is 23.2 Å². The molecule has 0 saturated carbocycles. The van der Waals surface area contributed by atoms with Gasteiger partial charge in [-0.25, -0.2) is 0 Å². The molecule has 1 heterocycles. The van der Waals surface area contributed by atoms with Crippen molar-refractivity contribution in [2.75, 3.05) is 5.32 Å². The van der Waals surface area contributed by atoms with Crippen molar-refractivity contribution in [2.45, 2.75) is 25.9 Å². The van der Waals surface area contributed by atoms with E-state index in [0.717, 1.165) is 35.9 Å². The standard InChI is InChI=1S/C20H17F3N2O2/c1-2-5-12-10-18(26)25-17-11-13(8-9-14(12)17)24-19(27)15-6-3-4-7-16(15)20(21,22)23/h3-4,6-11H,2,5H2,1H3,(H,24,27)(H,25,26). The molecule has 27 heavy (non-hydrogen) atoms. The molecule has 7 heteroatoms. The number of anilines is 1. The highest BCUT2D eigenvalue weighted by Gasteiger charge is 2.34. The minimum atomic E-state index is -4.63. The van der Waals surface area contributed by atoms with Crippen LogP contribution in [-0.2, 0) is 12.6 Å². The monoisotopic (exact) mass is 374 g/mol. The van der Waals surface area contributed by atoms with E-state index in [4.69, 9.17) is 0 Å². The fourth-order valence-electron chi connectivity index (χ4n) is 3.01. The summed E-state index contributed by atoms with van der Waals surface area (Å²) in [6, 6.07) is 11.0. The summed E-state index contributed by atoms with van der Waals surface area (Å²) in [6.07, 6.45) is -3.03. The van der Waals surface area contributed by atoms with E-state index in [9.17, 15) is 22.8 Å². The number of alkyl halides is 3. The Bertz CT molecular complexity index is 1060. The second kappa shape index (κ2) is 7.26. The number of fused-ring (bicyclic) bond motifs is 1. The Hall–Kier alpha value is -3.09. The van der Waals surface area contributed by atoms with Gasteiger partial charge in [0.2, 0.25) is 5.56 Å². The minimum Gasteiger partial charge on any atom is -0.322 e. The van der Waals surface area contributed by atoms with Gasteiger partial charge >= 0.3 is 6.18 Å². The van der Waals surface area contributed by atoms with Crippen LogP contribution in [-0.4, -0.2) is 10.9 Å². The summed E-state index contributed by atoms with van der Waals surface area (Å²) in [5.41, 5.74) is -0.0183. The number of halogens is 3. The predicted molar refractivity (Wildman–Crippen MR) is 98.0 cm³/mol. The first kappa shape index (κ1) is 18.7. The molecule has 0 fully saturated rings. The molecule has 3 aromatic rings. The molecule has 0 radical (unpaired) electrons. The maximum Gasteiger partial charge on any atom is 0.417 e. The molecule has 4 nitrogen and oxygen atoms in total. The van der Waals surface area contributed by atoms with Crippen molar-refractivity contribution in [3.63, 3.8) is 0 Å². The normalized spacial score (nSPS) is 11.6. The van der Waals surface area contributed by atoms with Crippen LogP contribution in [0, 0.1) is 0 Å². The van der Waals surface area contributed by atoms with E-state index in [1.54, 1.807) is 18.2 Å². The van der Waals surface area contributed by atoms with Gasteiger partial charge in [0, 0.05) is 17.1 Å². The summed E-state index contributed by atoms with van der Waals surface area (Å²) in [5, 5.41) is 3.31. The smallest absolute Gasteiger partial charge is 0.322 e. The van der Waals surface area contributed by atoms with Crippen molar-refractivity contribution >= 4 is 22.5 Å². The number of hydrogen-bond acceptors (Lipinski definition) is 2. The van der Waals surface area contributed by atoms with E-state index in [-0.39, 0.29) is 5.56 Å². The largest absolute Gasteiger partial charge is 0.417 e. The van der Waals surface area contributed by atoms with E-state index in [2.05, 4.69) is 10.3 Å². The van der Waals surface area contributed by atoms with Gasteiger partial charge in [0.1, 0.15) is 0 Å². The van der Waals surface area contributed by atoms with Crippen LogP contribution in [0.25, 0.3) is 10.9 Å². The number of nitrogens with one attached hydrogen (secondary N) is 2. The number of pyridine rings is 1. The van der Waals surface area contributed by atoms with Crippen molar-refractivity contribution in [3.05, 3.63) is 75.6 Å². The summed E-state index contributed by atoms with van der Waals surface area (Å²) < 4.78 is 39.3. The molecule has 0 bridgehead atoms. The van der Waals surface area contributed by atoms with Crippen LogP contribution in [0.1, 0.15) is 34.8 Å². The summed E-state index contributed by atoms with van der Waals surface area (Å²) >= 11 is 0. The molecule has 0 aliphatic rings. The quantitative estimate of drug-likeness (QED) is 0.692. The summed E-state index contributed by atoms with van der Waals surface area (Å²) in [5.74, 6) is -0.866. The Morgan fingerprint density at radius 2 is 1.85 bits per heavy atom. The molecule has 3 rings (SSSR count). The SMILES string of the molecule is CCCc1cc(=O)[nH]c2cc(NC(=O)c3ccccc3C(F)(F)F)ccc12. The van der Waals surface area contributed by atoms with Crippen LogP contribution < -0.4 is 10.9 Å². The van der Waals surface area contributed by atoms with Crippen LogP contribution in [0.3, 0.4) is 0 Å². The van der Waals surface area contributed by atoms with E-state index in [1.807, 2.05) is 6.92 Å². The van der Waals surface area contributed by atoms with Crippen molar-refractivity contribution < 1.29 is 18.0 Å². The molecule has 140 valence electrons. The average molecular weight is 374 g/mol. The first-order valence-corrected chi connectivity index (χ1v) is 8.43. The highest BCUT2D eigenvalue weighted by molar-refractivity contribution is 6.06. The molecular weight excluding hydrogens is 357 g/mol. The third kappa shape index (κ3) is 4.02. The lowest BCUT2D eigenvalue weighted by Gasteiger charge is -2.13. The summed E-state index contributed by atoms with van der Waals surface area (Å²) in [7, 11) is 0. The number of H-pyrrole nitrogens is 1. The van der Waals surface area contributed by atoms with Gasteiger partial charge in [-0.2, -0.15) is 13.2 Å². The number of carbonyl (C=O) groups excluding carboxylic acids is 1. The van der Waals surface area contributed by atoms with Crippen LogP contribution in [0.4, 0.5) is 18.9 Å². The van der Waals surface area contributed by atoms with Crippen LogP contribution in [0.2, 0.25) is 0 Å². The lowest BCUT2D eigenvalue weighted by molar-refractivity contribution is -0.137. The molecular formula is C20H17F3N2O2. The van der Waals surface area contributed by atoms with Gasteiger partial charge in [0.05, 0.1) is 16.6 Å². The van der Waals surface area contributed by atoms with E-state index in [1.165, 1.54) is 18.2 Å². The molecule has 0 unspecified atom stereocenters. The van der Waals surface area contributed by atoms with Gasteiger partial charge in [-0.05, 0) is 36.2 Å². The lowest BCUT2D eigenvalue weighted by Crippen LogP contribution is -2.18. The second-order valence-electron chi connectivity index (χ2n) is 6.17. The summed E-state index contributed by atoms with van der Waals surface area (Å²) in [6.45, 7) is 2.00. The van der Waals surface area contributed by atoms with Crippen LogP contribution >= 0.6 is 0 Å².